The first-order valence-corrected chi connectivity index (χ1v) is 6.90. The number of allylic oxidation sites excluding steroid dienone is 2. The summed E-state index contributed by atoms with van der Waals surface area (Å²) in [4.78, 5) is 0. The van der Waals surface area contributed by atoms with Crippen LogP contribution in [0.1, 0.15) is 53.9 Å². The van der Waals surface area contributed by atoms with Crippen molar-refractivity contribution in [3.63, 3.8) is 0 Å². The normalized spacial score (nSPS) is 12.8. The number of hydrogen-bond donors (Lipinski definition) is 0. The highest BCUT2D eigenvalue weighted by molar-refractivity contribution is 4.92. The third-order valence-electron chi connectivity index (χ3n) is 3.90. The molecule has 0 bridgehead atoms. The van der Waals surface area contributed by atoms with Gasteiger partial charge in [-0.3, -0.25) is 0 Å². The monoisotopic (exact) mass is 353 g/mol. The Kier molecular flexibility index (Phi) is 12.0. The molecular formula is C15H32IN. The van der Waals surface area contributed by atoms with Crippen LogP contribution in [0.5, 0.6) is 0 Å². The van der Waals surface area contributed by atoms with Gasteiger partial charge in [0.05, 0.1) is 26.7 Å². The van der Waals surface area contributed by atoms with E-state index in [4.69, 9.17) is 0 Å². The zero-order chi connectivity index (χ0) is 12.6. The Labute approximate surface area is 126 Å². The van der Waals surface area contributed by atoms with Crippen molar-refractivity contribution >= 4 is 0 Å². The van der Waals surface area contributed by atoms with Crippen molar-refractivity contribution in [2.24, 2.45) is 5.92 Å². The molecule has 0 saturated heterocycles. The Hall–Kier alpha value is 0.430. The van der Waals surface area contributed by atoms with Crippen LogP contribution >= 0.6 is 0 Å². The molecule has 0 heterocycles. The van der Waals surface area contributed by atoms with Gasteiger partial charge in [-0.1, -0.05) is 18.6 Å². The van der Waals surface area contributed by atoms with Crippen LogP contribution in [0.3, 0.4) is 0 Å². The van der Waals surface area contributed by atoms with E-state index in [0.29, 0.717) is 0 Å². The van der Waals surface area contributed by atoms with Gasteiger partial charge in [-0.05, 0) is 52.9 Å². The summed E-state index contributed by atoms with van der Waals surface area (Å²) in [5.74, 6) is 0.867. The molecule has 0 aromatic heterocycles. The van der Waals surface area contributed by atoms with Gasteiger partial charge in [0, 0.05) is 0 Å². The minimum Gasteiger partial charge on any atom is -1.00 e. The first-order chi connectivity index (χ1) is 7.43. The molecule has 0 aromatic carbocycles. The summed E-state index contributed by atoms with van der Waals surface area (Å²) in [5.41, 5.74) is 1.45. The highest BCUT2D eigenvalue weighted by Crippen LogP contribution is 2.14. The predicted octanol–water partition coefficient (Wildman–Crippen LogP) is 1.25. The van der Waals surface area contributed by atoms with Crippen molar-refractivity contribution in [3.05, 3.63) is 11.6 Å². The van der Waals surface area contributed by atoms with E-state index in [9.17, 15) is 0 Å². The van der Waals surface area contributed by atoms with E-state index in [-0.39, 0.29) is 24.0 Å². The van der Waals surface area contributed by atoms with E-state index < -0.39 is 0 Å². The standard InChI is InChI=1S/C15H32N.HI/c1-7-16(6,8-2)13-12-15(5)11-9-10-14(3)4;/h10,15H,7-9,11-13H2,1-6H3;1H/q+1;/p-1/t15-;/m1./s1. The second-order valence-electron chi connectivity index (χ2n) is 5.73. The second kappa shape index (κ2) is 10.4. The summed E-state index contributed by atoms with van der Waals surface area (Å²) in [6.45, 7) is 15.2. The van der Waals surface area contributed by atoms with Gasteiger partial charge in [-0.25, -0.2) is 0 Å². The topological polar surface area (TPSA) is 0 Å². The Balaban J connectivity index is 0. The average Bonchev–Trinajstić information content (AvgIpc) is 2.25. The lowest BCUT2D eigenvalue weighted by atomic mass is 10.00. The zero-order valence-electron chi connectivity index (χ0n) is 12.7. The second-order valence-corrected chi connectivity index (χ2v) is 5.73. The van der Waals surface area contributed by atoms with E-state index in [1.54, 1.807) is 0 Å². The van der Waals surface area contributed by atoms with Crippen LogP contribution in [0.15, 0.2) is 11.6 Å². The number of halogens is 1. The minimum atomic E-state index is 0. The number of rotatable bonds is 8. The molecule has 0 rings (SSSR count). The highest BCUT2D eigenvalue weighted by Gasteiger charge is 2.17. The van der Waals surface area contributed by atoms with Gasteiger partial charge in [-0.15, -0.1) is 0 Å². The average molecular weight is 353 g/mol. The van der Waals surface area contributed by atoms with Crippen LogP contribution < -0.4 is 24.0 Å². The molecular weight excluding hydrogens is 321 g/mol. The lowest BCUT2D eigenvalue weighted by Gasteiger charge is -2.33. The van der Waals surface area contributed by atoms with Gasteiger partial charge in [0.25, 0.3) is 0 Å². The minimum absolute atomic E-state index is 0. The smallest absolute Gasteiger partial charge is 0.0786 e. The van der Waals surface area contributed by atoms with Gasteiger partial charge in [0.2, 0.25) is 0 Å². The molecule has 0 radical (unpaired) electrons. The van der Waals surface area contributed by atoms with Crippen LogP contribution in [0.2, 0.25) is 0 Å². The molecule has 1 atom stereocenters. The molecule has 0 aliphatic heterocycles. The quantitative estimate of drug-likeness (QED) is 0.350. The summed E-state index contributed by atoms with van der Waals surface area (Å²) in [7, 11) is 2.38. The summed E-state index contributed by atoms with van der Waals surface area (Å²) in [5, 5.41) is 0. The van der Waals surface area contributed by atoms with Crippen LogP contribution in [0, 0.1) is 5.92 Å². The van der Waals surface area contributed by atoms with Crippen molar-refractivity contribution in [1.82, 2.24) is 0 Å². The van der Waals surface area contributed by atoms with Crippen molar-refractivity contribution in [1.29, 1.82) is 0 Å². The van der Waals surface area contributed by atoms with E-state index in [2.05, 4.69) is 47.7 Å². The number of quaternary nitrogens is 1. The molecule has 0 unspecified atom stereocenters. The molecule has 0 spiro atoms. The molecule has 1 nitrogen and oxygen atoms in total. The first-order valence-electron chi connectivity index (χ1n) is 6.90. The van der Waals surface area contributed by atoms with Crippen LogP contribution in [0.25, 0.3) is 0 Å². The van der Waals surface area contributed by atoms with Crippen molar-refractivity contribution in [3.8, 4) is 0 Å². The van der Waals surface area contributed by atoms with Crippen molar-refractivity contribution in [2.75, 3.05) is 26.7 Å². The Morgan fingerprint density at radius 1 is 1.12 bits per heavy atom. The van der Waals surface area contributed by atoms with Gasteiger partial charge in [-0.2, -0.15) is 0 Å². The third kappa shape index (κ3) is 10.1. The number of nitrogens with zero attached hydrogens (tertiary/aromatic N) is 1. The Bertz CT molecular complexity index is 203. The maximum Gasteiger partial charge on any atom is 0.0786 e. The Morgan fingerprint density at radius 3 is 2.06 bits per heavy atom. The molecule has 0 amide bonds. The van der Waals surface area contributed by atoms with E-state index in [1.165, 1.54) is 49.0 Å². The third-order valence-corrected chi connectivity index (χ3v) is 3.90. The molecule has 0 aliphatic carbocycles. The SMILES string of the molecule is CC[N+](C)(CC)CC[C@H](C)CCC=C(C)C.[I-]. The lowest BCUT2D eigenvalue weighted by Crippen LogP contribution is -3.00. The fourth-order valence-corrected chi connectivity index (χ4v) is 1.87. The first kappa shape index (κ1) is 19.8. The predicted molar refractivity (Wildman–Crippen MR) is 74.6 cm³/mol. The molecule has 0 fully saturated rings. The van der Waals surface area contributed by atoms with E-state index in [1.807, 2.05) is 0 Å². The largest absolute Gasteiger partial charge is 1.00 e. The molecule has 0 N–H and O–H groups in total. The van der Waals surface area contributed by atoms with Crippen LogP contribution in [0.4, 0.5) is 0 Å². The zero-order valence-corrected chi connectivity index (χ0v) is 14.9. The van der Waals surface area contributed by atoms with Gasteiger partial charge >= 0.3 is 0 Å². The molecule has 104 valence electrons. The Morgan fingerprint density at radius 2 is 1.65 bits per heavy atom. The summed E-state index contributed by atoms with van der Waals surface area (Å²) >= 11 is 0. The van der Waals surface area contributed by atoms with Gasteiger partial charge in [0.1, 0.15) is 0 Å². The maximum atomic E-state index is 2.40. The van der Waals surface area contributed by atoms with E-state index >= 15 is 0 Å². The summed E-state index contributed by atoms with van der Waals surface area (Å²) in [6, 6.07) is 0. The highest BCUT2D eigenvalue weighted by atomic mass is 127. The van der Waals surface area contributed by atoms with Crippen LogP contribution in [-0.4, -0.2) is 31.2 Å². The fraction of sp³-hybridized carbons (Fsp3) is 0.867. The van der Waals surface area contributed by atoms with E-state index in [0.717, 1.165) is 5.92 Å². The molecule has 0 saturated carbocycles. The summed E-state index contributed by atoms with van der Waals surface area (Å²) < 4.78 is 1.23. The maximum absolute atomic E-state index is 2.40. The molecule has 17 heavy (non-hydrogen) atoms. The lowest BCUT2D eigenvalue weighted by molar-refractivity contribution is -0.906. The molecule has 0 aliphatic rings. The summed E-state index contributed by atoms with van der Waals surface area (Å²) in [6.07, 6.45) is 6.34. The number of hydrogen-bond acceptors (Lipinski definition) is 0. The molecule has 0 aromatic rings. The van der Waals surface area contributed by atoms with Gasteiger partial charge < -0.3 is 28.5 Å². The molecule has 2 heteroatoms. The van der Waals surface area contributed by atoms with Crippen LogP contribution in [-0.2, 0) is 0 Å². The van der Waals surface area contributed by atoms with Gasteiger partial charge in [0.15, 0.2) is 0 Å². The van der Waals surface area contributed by atoms with Crippen molar-refractivity contribution < 1.29 is 28.5 Å². The van der Waals surface area contributed by atoms with Crippen molar-refractivity contribution in [2.45, 2.75) is 53.9 Å². The fourth-order valence-electron chi connectivity index (χ4n) is 1.87.